The molecule has 0 unspecified atom stereocenters. The third-order valence-corrected chi connectivity index (χ3v) is 4.34. The third kappa shape index (κ3) is 3.72. The molecular weight excluding hydrogens is 344 g/mol. The summed E-state index contributed by atoms with van der Waals surface area (Å²) in [5, 5.41) is 5.91. The molecule has 0 saturated heterocycles. The Bertz CT molecular complexity index is 844. The van der Waals surface area contributed by atoms with Gasteiger partial charge in [-0.15, -0.1) is 11.3 Å². The summed E-state index contributed by atoms with van der Waals surface area (Å²) in [5.41, 5.74) is 2.24. The van der Waals surface area contributed by atoms with Crippen LogP contribution in [0.3, 0.4) is 0 Å². The molecule has 0 spiro atoms. The van der Waals surface area contributed by atoms with Gasteiger partial charge in [0.25, 0.3) is 5.91 Å². The van der Waals surface area contributed by atoms with Gasteiger partial charge in [0.2, 0.25) is 0 Å². The van der Waals surface area contributed by atoms with Crippen LogP contribution in [0.25, 0.3) is 11.3 Å². The van der Waals surface area contributed by atoms with Gasteiger partial charge in [-0.1, -0.05) is 23.7 Å². The maximum Gasteiger partial charge on any atom is 0.259 e. The normalized spacial score (nSPS) is 10.5. The van der Waals surface area contributed by atoms with Crippen LogP contribution < -0.4 is 10.2 Å². The lowest BCUT2D eigenvalue weighted by Gasteiger charge is -2.10. The van der Waals surface area contributed by atoms with E-state index in [9.17, 15) is 4.79 Å². The zero-order valence-electron chi connectivity index (χ0n) is 13.2. The fourth-order valence-corrected chi connectivity index (χ4v) is 2.88. The highest BCUT2D eigenvalue weighted by Gasteiger charge is 2.11. The van der Waals surface area contributed by atoms with Crippen molar-refractivity contribution in [2.24, 2.45) is 0 Å². The van der Waals surface area contributed by atoms with Gasteiger partial charge in [-0.3, -0.25) is 10.1 Å². The molecule has 1 N–H and O–H groups in total. The SMILES string of the molecule is CN(C)c1ccc(C(=O)Nc2nc(-c3ccc(Cl)cc3)cs2)cn1. The van der Waals surface area contributed by atoms with Crippen molar-refractivity contribution in [2.75, 3.05) is 24.3 Å². The van der Waals surface area contributed by atoms with E-state index in [1.165, 1.54) is 11.3 Å². The molecule has 0 aliphatic carbocycles. The van der Waals surface area contributed by atoms with Gasteiger partial charge in [-0.2, -0.15) is 0 Å². The van der Waals surface area contributed by atoms with E-state index in [-0.39, 0.29) is 5.91 Å². The lowest BCUT2D eigenvalue weighted by molar-refractivity contribution is 0.102. The first-order chi connectivity index (χ1) is 11.5. The molecule has 24 heavy (non-hydrogen) atoms. The number of amides is 1. The number of nitrogens with one attached hydrogen (secondary N) is 1. The molecule has 0 saturated carbocycles. The number of aromatic nitrogens is 2. The zero-order chi connectivity index (χ0) is 17.1. The van der Waals surface area contributed by atoms with Gasteiger partial charge >= 0.3 is 0 Å². The van der Waals surface area contributed by atoms with Crippen molar-refractivity contribution in [3.05, 3.63) is 58.6 Å². The molecule has 5 nitrogen and oxygen atoms in total. The highest BCUT2D eigenvalue weighted by atomic mass is 35.5. The minimum Gasteiger partial charge on any atom is -0.363 e. The number of anilines is 2. The van der Waals surface area contributed by atoms with Gasteiger partial charge in [0.05, 0.1) is 11.3 Å². The number of nitrogens with zero attached hydrogens (tertiary/aromatic N) is 3. The van der Waals surface area contributed by atoms with Gasteiger partial charge in [0.1, 0.15) is 5.82 Å². The minimum atomic E-state index is -0.232. The minimum absolute atomic E-state index is 0.232. The van der Waals surface area contributed by atoms with Crippen LogP contribution in [0.1, 0.15) is 10.4 Å². The summed E-state index contributed by atoms with van der Waals surface area (Å²) in [4.78, 5) is 22.8. The number of benzene rings is 1. The quantitative estimate of drug-likeness (QED) is 0.760. The van der Waals surface area contributed by atoms with Gasteiger partial charge < -0.3 is 4.90 Å². The number of carbonyl (C=O) groups excluding carboxylic acids is 1. The Morgan fingerprint density at radius 2 is 1.92 bits per heavy atom. The van der Waals surface area contributed by atoms with Gasteiger partial charge in [-0.25, -0.2) is 9.97 Å². The van der Waals surface area contributed by atoms with Crippen LogP contribution in [0.4, 0.5) is 10.9 Å². The summed E-state index contributed by atoms with van der Waals surface area (Å²) >= 11 is 7.26. The van der Waals surface area contributed by atoms with E-state index >= 15 is 0 Å². The molecule has 122 valence electrons. The fraction of sp³-hybridized carbons (Fsp3) is 0.118. The second-order valence-electron chi connectivity index (χ2n) is 5.30. The number of hydrogen-bond acceptors (Lipinski definition) is 5. The molecule has 0 bridgehead atoms. The van der Waals surface area contributed by atoms with E-state index in [2.05, 4.69) is 15.3 Å². The predicted molar refractivity (Wildman–Crippen MR) is 99.1 cm³/mol. The number of pyridine rings is 1. The number of carbonyl (C=O) groups is 1. The van der Waals surface area contributed by atoms with Crippen molar-refractivity contribution in [1.82, 2.24) is 9.97 Å². The van der Waals surface area contributed by atoms with Crippen molar-refractivity contribution in [3.63, 3.8) is 0 Å². The lowest BCUT2D eigenvalue weighted by atomic mass is 10.2. The number of thiazole rings is 1. The lowest BCUT2D eigenvalue weighted by Crippen LogP contribution is -2.14. The second kappa shape index (κ2) is 6.98. The molecule has 0 fully saturated rings. The van der Waals surface area contributed by atoms with E-state index in [4.69, 9.17) is 11.6 Å². The molecule has 1 aromatic carbocycles. The Hall–Kier alpha value is -2.44. The van der Waals surface area contributed by atoms with Crippen molar-refractivity contribution in [1.29, 1.82) is 0 Å². The smallest absolute Gasteiger partial charge is 0.259 e. The average molecular weight is 359 g/mol. The second-order valence-corrected chi connectivity index (χ2v) is 6.59. The van der Waals surface area contributed by atoms with Crippen LogP contribution in [0, 0.1) is 0 Å². The first-order valence-corrected chi connectivity index (χ1v) is 8.45. The van der Waals surface area contributed by atoms with E-state index in [1.54, 1.807) is 18.3 Å². The molecule has 2 aromatic heterocycles. The summed E-state index contributed by atoms with van der Waals surface area (Å²) in [6.07, 6.45) is 1.55. The molecule has 2 heterocycles. The summed E-state index contributed by atoms with van der Waals surface area (Å²) < 4.78 is 0. The Balaban J connectivity index is 1.72. The Kier molecular flexibility index (Phi) is 4.78. The van der Waals surface area contributed by atoms with Crippen LogP contribution in [0.2, 0.25) is 5.02 Å². The summed E-state index contributed by atoms with van der Waals surface area (Å²) in [7, 11) is 3.80. The Morgan fingerprint density at radius 1 is 1.17 bits per heavy atom. The first kappa shape index (κ1) is 16.4. The van der Waals surface area contributed by atoms with Crippen LogP contribution >= 0.6 is 22.9 Å². The maximum atomic E-state index is 12.3. The number of halogens is 1. The standard InChI is InChI=1S/C17H15ClN4OS/c1-22(2)15-8-5-12(9-19-15)16(23)21-17-20-14(10-24-17)11-3-6-13(18)7-4-11/h3-10H,1-2H3,(H,20,21,23). The fourth-order valence-electron chi connectivity index (χ4n) is 2.04. The first-order valence-electron chi connectivity index (χ1n) is 7.19. The third-order valence-electron chi connectivity index (χ3n) is 3.33. The van der Waals surface area contributed by atoms with Crippen LogP contribution in [0.15, 0.2) is 48.0 Å². The van der Waals surface area contributed by atoms with Gasteiger partial charge in [-0.05, 0) is 24.3 Å². The molecular formula is C17H15ClN4OS. The van der Waals surface area contributed by atoms with Crippen molar-refractivity contribution in [2.45, 2.75) is 0 Å². The van der Waals surface area contributed by atoms with Gasteiger partial charge in [0, 0.05) is 36.3 Å². The van der Waals surface area contributed by atoms with Crippen molar-refractivity contribution in [3.8, 4) is 11.3 Å². The molecule has 0 radical (unpaired) electrons. The molecule has 1 amide bonds. The number of rotatable bonds is 4. The summed E-state index contributed by atoms with van der Waals surface area (Å²) in [5.74, 6) is 0.565. The predicted octanol–water partition coefficient (Wildman–Crippen LogP) is 4.18. The molecule has 0 aliphatic heterocycles. The average Bonchev–Trinajstić information content (AvgIpc) is 3.04. The maximum absolute atomic E-state index is 12.3. The molecule has 3 aromatic rings. The van der Waals surface area contributed by atoms with Crippen LogP contribution in [-0.2, 0) is 0 Å². The summed E-state index contributed by atoms with van der Waals surface area (Å²) in [6, 6.07) is 11.0. The largest absolute Gasteiger partial charge is 0.363 e. The molecule has 3 rings (SSSR count). The molecule has 0 atom stereocenters. The highest BCUT2D eigenvalue weighted by Crippen LogP contribution is 2.26. The molecule has 0 aliphatic rings. The van der Waals surface area contributed by atoms with E-state index in [0.717, 1.165) is 17.1 Å². The summed E-state index contributed by atoms with van der Waals surface area (Å²) in [6.45, 7) is 0. The highest BCUT2D eigenvalue weighted by molar-refractivity contribution is 7.14. The van der Waals surface area contributed by atoms with E-state index < -0.39 is 0 Å². The zero-order valence-corrected chi connectivity index (χ0v) is 14.7. The number of hydrogen-bond donors (Lipinski definition) is 1. The molecule has 7 heteroatoms. The monoisotopic (exact) mass is 358 g/mol. The Labute approximate surface area is 148 Å². The van der Waals surface area contributed by atoms with Gasteiger partial charge in [0.15, 0.2) is 5.13 Å². The van der Waals surface area contributed by atoms with Crippen molar-refractivity contribution >= 4 is 39.8 Å². The van der Waals surface area contributed by atoms with Crippen LogP contribution in [-0.4, -0.2) is 30.0 Å². The van der Waals surface area contributed by atoms with Crippen LogP contribution in [0.5, 0.6) is 0 Å². The van der Waals surface area contributed by atoms with E-state index in [0.29, 0.717) is 15.7 Å². The topological polar surface area (TPSA) is 58.1 Å². The van der Waals surface area contributed by atoms with E-state index in [1.807, 2.05) is 48.6 Å². The van der Waals surface area contributed by atoms with Crippen molar-refractivity contribution < 1.29 is 4.79 Å². The Morgan fingerprint density at radius 3 is 2.54 bits per heavy atom.